The van der Waals surface area contributed by atoms with Crippen LogP contribution >= 0.6 is 0 Å². The summed E-state index contributed by atoms with van der Waals surface area (Å²) in [6.07, 6.45) is 4.65. The Balaban J connectivity index is 1.13. The fourth-order valence-electron chi connectivity index (χ4n) is 6.30. The molecule has 4 N–H and O–H groups in total. The SMILES string of the molecule is CC(CCOC(C)C)NC(=O)[C@H](C)NC(C)C(=O)CNC(C)C(=O)CCOCCOCCNC(=O)OC[C@@H]1[C@@H]2CCc3nnn(C)c3CC[C@@H]21. The molecule has 1 heterocycles. The first-order valence-corrected chi connectivity index (χ1v) is 18.3. The number of ketones is 2. The van der Waals surface area contributed by atoms with Crippen molar-refractivity contribution in [1.29, 1.82) is 0 Å². The Bertz CT molecular complexity index is 1230. The number of aryl methyl sites for hydroxylation is 2. The van der Waals surface area contributed by atoms with Gasteiger partial charge in [0.1, 0.15) is 0 Å². The highest BCUT2D eigenvalue weighted by molar-refractivity contribution is 5.89. The minimum absolute atomic E-state index is 0.00150. The summed E-state index contributed by atoms with van der Waals surface area (Å²) in [7, 11) is 1.94. The number of amides is 2. The lowest BCUT2D eigenvalue weighted by Crippen LogP contribution is -2.52. The fourth-order valence-corrected chi connectivity index (χ4v) is 6.30. The van der Waals surface area contributed by atoms with Gasteiger partial charge in [0, 0.05) is 32.7 Å². The Hall–Kier alpha value is -2.98. The van der Waals surface area contributed by atoms with E-state index in [1.54, 1.807) is 20.8 Å². The van der Waals surface area contributed by atoms with Crippen molar-refractivity contribution >= 4 is 23.6 Å². The lowest BCUT2D eigenvalue weighted by molar-refractivity contribution is -0.124. The molecule has 2 aliphatic rings. The Kier molecular flexibility index (Phi) is 17.7. The van der Waals surface area contributed by atoms with E-state index in [0.29, 0.717) is 63.8 Å². The number of alkyl carbamates (subject to hydrolysis) is 1. The predicted molar refractivity (Wildman–Crippen MR) is 187 cm³/mol. The lowest BCUT2D eigenvalue weighted by Gasteiger charge is -2.22. The van der Waals surface area contributed by atoms with Crippen LogP contribution in [0.15, 0.2) is 0 Å². The van der Waals surface area contributed by atoms with Crippen molar-refractivity contribution in [3.05, 3.63) is 11.4 Å². The number of carbonyl (C=O) groups is 4. The molecule has 2 amide bonds. The first-order valence-electron chi connectivity index (χ1n) is 18.3. The van der Waals surface area contributed by atoms with Gasteiger partial charge >= 0.3 is 6.09 Å². The predicted octanol–water partition coefficient (Wildman–Crippen LogP) is 1.51. The summed E-state index contributed by atoms with van der Waals surface area (Å²) in [4.78, 5) is 49.7. The number of aromatic nitrogens is 3. The maximum Gasteiger partial charge on any atom is 0.407 e. The summed E-state index contributed by atoms with van der Waals surface area (Å²) in [5.74, 6) is 1.20. The van der Waals surface area contributed by atoms with Gasteiger partial charge in [-0.2, -0.15) is 0 Å². The van der Waals surface area contributed by atoms with Crippen molar-refractivity contribution in [2.24, 2.45) is 24.8 Å². The van der Waals surface area contributed by atoms with E-state index >= 15 is 0 Å². The van der Waals surface area contributed by atoms with Gasteiger partial charge in [0.05, 0.1) is 75.2 Å². The normalized spacial score (nSPS) is 20.8. The molecule has 1 aromatic heterocycles. The summed E-state index contributed by atoms with van der Waals surface area (Å²) in [5, 5.41) is 20.1. The standard InChI is InChI=1S/C35H61N7O8/c1-22(2)49-16-12-23(3)38-34(45)26(6)39-25(5)33(44)20-37-24(4)32(43)13-15-47-18-19-48-17-14-36-35(46)50-21-29-27-8-10-30-31(11-9-28(27)29)42(7)41-40-30/h22-29,37,39H,8-21H2,1-7H3,(H,36,46)(H,38,45)/t23?,24?,25?,26-,27+,28-,29+/m0/s1. The van der Waals surface area contributed by atoms with Gasteiger partial charge in [-0.05, 0) is 91.4 Å². The highest BCUT2D eigenvalue weighted by Crippen LogP contribution is 2.52. The minimum atomic E-state index is -0.563. The summed E-state index contributed by atoms with van der Waals surface area (Å²) in [6.45, 7) is 13.5. The van der Waals surface area contributed by atoms with E-state index in [0.717, 1.165) is 31.4 Å². The van der Waals surface area contributed by atoms with Crippen molar-refractivity contribution < 1.29 is 38.1 Å². The summed E-state index contributed by atoms with van der Waals surface area (Å²) in [6, 6.07) is -1.68. The van der Waals surface area contributed by atoms with E-state index in [1.807, 2.05) is 32.5 Å². The lowest BCUT2D eigenvalue weighted by atomic mass is 10.0. The first-order chi connectivity index (χ1) is 23.9. The van der Waals surface area contributed by atoms with E-state index in [1.165, 1.54) is 5.69 Å². The van der Waals surface area contributed by atoms with Gasteiger partial charge in [-0.3, -0.25) is 24.4 Å². The second-order valence-electron chi connectivity index (χ2n) is 13.9. The van der Waals surface area contributed by atoms with E-state index < -0.39 is 24.2 Å². The topological polar surface area (TPSA) is 184 Å². The van der Waals surface area contributed by atoms with Crippen LogP contribution in [0.5, 0.6) is 0 Å². The maximum absolute atomic E-state index is 12.6. The molecule has 15 nitrogen and oxygen atoms in total. The third kappa shape index (κ3) is 14.3. The molecule has 7 atom stereocenters. The molecule has 1 saturated carbocycles. The van der Waals surface area contributed by atoms with E-state index in [4.69, 9.17) is 18.9 Å². The summed E-state index contributed by atoms with van der Waals surface area (Å²) in [5.41, 5.74) is 2.33. The van der Waals surface area contributed by atoms with Crippen molar-refractivity contribution in [2.75, 3.05) is 52.7 Å². The second kappa shape index (κ2) is 21.4. The molecule has 0 radical (unpaired) electrons. The van der Waals surface area contributed by atoms with Crippen molar-refractivity contribution in [3.63, 3.8) is 0 Å². The Morgan fingerprint density at radius 3 is 2.28 bits per heavy atom. The van der Waals surface area contributed by atoms with Crippen molar-refractivity contribution in [3.8, 4) is 0 Å². The number of carbonyl (C=O) groups excluding carboxylic acids is 4. The van der Waals surface area contributed by atoms with E-state index in [9.17, 15) is 19.2 Å². The average molecular weight is 708 g/mol. The van der Waals surface area contributed by atoms with Crippen LogP contribution in [0.25, 0.3) is 0 Å². The van der Waals surface area contributed by atoms with E-state index in [2.05, 4.69) is 31.6 Å². The molecule has 0 spiro atoms. The van der Waals surface area contributed by atoms with Crippen LogP contribution in [0.4, 0.5) is 4.79 Å². The molecule has 0 saturated heterocycles. The average Bonchev–Trinajstić information content (AvgIpc) is 3.60. The largest absolute Gasteiger partial charge is 0.449 e. The molecule has 0 bridgehead atoms. The highest BCUT2D eigenvalue weighted by Gasteiger charge is 2.50. The number of fused-ring (bicyclic) bond motifs is 2. The van der Waals surface area contributed by atoms with E-state index in [-0.39, 0.29) is 49.2 Å². The zero-order valence-electron chi connectivity index (χ0n) is 31.1. The molecule has 0 aliphatic heterocycles. The Morgan fingerprint density at radius 1 is 0.860 bits per heavy atom. The molecule has 2 aliphatic carbocycles. The summed E-state index contributed by atoms with van der Waals surface area (Å²) >= 11 is 0. The smallest absolute Gasteiger partial charge is 0.407 e. The molecule has 15 heteroatoms. The van der Waals surface area contributed by atoms with Gasteiger partial charge < -0.3 is 34.9 Å². The monoisotopic (exact) mass is 707 g/mol. The molecule has 3 unspecified atom stereocenters. The molecule has 3 rings (SSSR count). The fraction of sp³-hybridized carbons (Fsp3) is 0.829. The maximum atomic E-state index is 12.6. The number of Topliss-reactive ketones (excluding diaryl/α,β-unsaturated/α-hetero) is 2. The van der Waals surface area contributed by atoms with Crippen LogP contribution in [0.1, 0.15) is 78.6 Å². The number of nitrogens with zero attached hydrogens (tertiary/aromatic N) is 3. The molecular formula is C35H61N7O8. The molecule has 50 heavy (non-hydrogen) atoms. The van der Waals surface area contributed by atoms with Crippen LogP contribution in [0, 0.1) is 17.8 Å². The van der Waals surface area contributed by atoms with Crippen molar-refractivity contribution in [2.45, 2.75) is 110 Å². The van der Waals surface area contributed by atoms with Gasteiger partial charge in [-0.15, -0.1) is 5.10 Å². The molecule has 1 aromatic rings. The van der Waals surface area contributed by atoms with Crippen LogP contribution in [-0.4, -0.2) is 122 Å². The van der Waals surface area contributed by atoms with Crippen molar-refractivity contribution in [1.82, 2.24) is 36.3 Å². The van der Waals surface area contributed by atoms with Gasteiger partial charge in [-0.1, -0.05) is 5.21 Å². The summed E-state index contributed by atoms with van der Waals surface area (Å²) < 4.78 is 23.9. The minimum Gasteiger partial charge on any atom is -0.449 e. The zero-order valence-corrected chi connectivity index (χ0v) is 31.1. The second-order valence-corrected chi connectivity index (χ2v) is 13.9. The van der Waals surface area contributed by atoms with Crippen LogP contribution in [0.2, 0.25) is 0 Å². The third-order valence-corrected chi connectivity index (χ3v) is 9.58. The van der Waals surface area contributed by atoms with Crippen LogP contribution in [0.3, 0.4) is 0 Å². The number of nitrogens with one attached hydrogen (secondary N) is 4. The number of hydrogen-bond acceptors (Lipinski definition) is 12. The first kappa shape index (κ1) is 41.4. The third-order valence-electron chi connectivity index (χ3n) is 9.58. The number of rotatable bonds is 24. The molecule has 1 fully saturated rings. The van der Waals surface area contributed by atoms with Crippen LogP contribution in [-0.2, 0) is 53.2 Å². The van der Waals surface area contributed by atoms with Gasteiger partial charge in [0.2, 0.25) is 5.91 Å². The number of hydrogen-bond donors (Lipinski definition) is 4. The molecule has 0 aromatic carbocycles. The highest BCUT2D eigenvalue weighted by atomic mass is 16.6. The van der Waals surface area contributed by atoms with Crippen LogP contribution < -0.4 is 21.3 Å². The Morgan fingerprint density at radius 2 is 1.56 bits per heavy atom. The molecular weight excluding hydrogens is 646 g/mol. The zero-order chi connectivity index (χ0) is 36.6. The molecule has 284 valence electrons. The van der Waals surface area contributed by atoms with Gasteiger partial charge in [0.25, 0.3) is 0 Å². The number of ether oxygens (including phenoxy) is 4. The quantitative estimate of drug-likeness (QED) is 0.114. The van der Waals surface area contributed by atoms with Gasteiger partial charge in [0.15, 0.2) is 11.6 Å². The van der Waals surface area contributed by atoms with Gasteiger partial charge in [-0.25, -0.2) is 4.79 Å². The Labute approximate surface area is 297 Å².